The van der Waals surface area contributed by atoms with Gasteiger partial charge in [0.15, 0.2) is 0 Å². The van der Waals surface area contributed by atoms with Crippen molar-refractivity contribution in [1.29, 1.82) is 0 Å². The molecule has 0 atom stereocenters. The number of fused-ring (bicyclic) bond motifs is 4. The van der Waals surface area contributed by atoms with Gasteiger partial charge in [-0.05, 0) is 55.5 Å². The second-order valence-electron chi connectivity index (χ2n) is 8.29. The van der Waals surface area contributed by atoms with Crippen LogP contribution in [0.4, 0.5) is 20.3 Å². The molecule has 2 aromatic heterocycles. The van der Waals surface area contributed by atoms with Crippen molar-refractivity contribution in [2.24, 2.45) is 5.41 Å². The summed E-state index contributed by atoms with van der Waals surface area (Å²) in [6, 6.07) is 10.9. The SMILES string of the molecule is FCC1(C#Cc2cccc3c2CCCN3c2nc3nncn3c3cccc(F)c23)CC1. The summed E-state index contributed by atoms with van der Waals surface area (Å²) in [7, 11) is 0. The third-order valence-corrected chi connectivity index (χ3v) is 6.29. The molecular weight excluding hydrogens is 396 g/mol. The maximum Gasteiger partial charge on any atom is 0.257 e. The second kappa shape index (κ2) is 6.74. The number of nitrogens with zero attached hydrogens (tertiary/aromatic N) is 5. The minimum absolute atomic E-state index is 0.336. The summed E-state index contributed by atoms with van der Waals surface area (Å²) in [6.07, 6.45) is 4.95. The smallest absolute Gasteiger partial charge is 0.257 e. The Labute approximate surface area is 177 Å². The lowest BCUT2D eigenvalue weighted by atomic mass is 9.95. The Balaban J connectivity index is 1.54. The maximum absolute atomic E-state index is 15.0. The van der Waals surface area contributed by atoms with Crippen LogP contribution in [0.2, 0.25) is 0 Å². The largest absolute Gasteiger partial charge is 0.325 e. The molecule has 0 unspecified atom stereocenters. The summed E-state index contributed by atoms with van der Waals surface area (Å²) in [4.78, 5) is 6.72. The first kappa shape index (κ1) is 18.3. The van der Waals surface area contributed by atoms with Crippen molar-refractivity contribution in [3.05, 3.63) is 59.7 Å². The zero-order chi connectivity index (χ0) is 21.0. The zero-order valence-electron chi connectivity index (χ0n) is 16.8. The first-order valence-electron chi connectivity index (χ1n) is 10.5. The van der Waals surface area contributed by atoms with Gasteiger partial charge in [0.2, 0.25) is 0 Å². The highest BCUT2D eigenvalue weighted by Gasteiger charge is 2.41. The number of halogens is 2. The van der Waals surface area contributed by atoms with E-state index in [-0.39, 0.29) is 5.82 Å². The number of aromatic nitrogens is 4. The molecule has 5 nitrogen and oxygen atoms in total. The van der Waals surface area contributed by atoms with Gasteiger partial charge in [-0.15, -0.1) is 10.2 Å². The van der Waals surface area contributed by atoms with Gasteiger partial charge in [0.1, 0.15) is 24.6 Å². The highest BCUT2D eigenvalue weighted by Crippen LogP contribution is 2.45. The Hall–Kier alpha value is -3.53. The van der Waals surface area contributed by atoms with Gasteiger partial charge in [-0.3, -0.25) is 4.40 Å². The lowest BCUT2D eigenvalue weighted by Crippen LogP contribution is -2.26. The molecule has 7 heteroatoms. The first-order valence-corrected chi connectivity index (χ1v) is 10.5. The van der Waals surface area contributed by atoms with Gasteiger partial charge in [0.05, 0.1) is 16.3 Å². The first-order chi connectivity index (χ1) is 15.2. The fourth-order valence-corrected chi connectivity index (χ4v) is 4.36. The molecule has 1 aliphatic heterocycles. The minimum atomic E-state index is -0.448. The molecule has 6 rings (SSSR count). The minimum Gasteiger partial charge on any atom is -0.325 e. The van der Waals surface area contributed by atoms with Crippen molar-refractivity contribution < 1.29 is 8.78 Å². The van der Waals surface area contributed by atoms with Crippen molar-refractivity contribution in [2.75, 3.05) is 18.1 Å². The van der Waals surface area contributed by atoms with Crippen molar-refractivity contribution in [3.63, 3.8) is 0 Å². The van der Waals surface area contributed by atoms with E-state index in [0.29, 0.717) is 29.0 Å². The molecule has 0 N–H and O–H groups in total. The lowest BCUT2D eigenvalue weighted by molar-refractivity contribution is 0.407. The van der Waals surface area contributed by atoms with Crippen LogP contribution in [-0.4, -0.2) is 32.8 Å². The molecule has 0 spiro atoms. The monoisotopic (exact) mass is 415 g/mol. The van der Waals surface area contributed by atoms with Crippen molar-refractivity contribution >= 4 is 28.2 Å². The van der Waals surface area contributed by atoms with Crippen LogP contribution in [0.25, 0.3) is 16.7 Å². The normalized spacial score (nSPS) is 16.8. The Bertz CT molecular complexity index is 1390. The number of hydrogen-bond donors (Lipinski definition) is 0. The van der Waals surface area contributed by atoms with E-state index in [9.17, 15) is 4.39 Å². The third-order valence-electron chi connectivity index (χ3n) is 6.29. The van der Waals surface area contributed by atoms with E-state index >= 15 is 4.39 Å². The molecule has 2 aliphatic rings. The van der Waals surface area contributed by atoms with Crippen molar-refractivity contribution in [3.8, 4) is 11.8 Å². The summed E-state index contributed by atoms with van der Waals surface area (Å²) in [5.41, 5.74) is 3.20. The Kier molecular flexibility index (Phi) is 3.97. The molecule has 154 valence electrons. The number of alkyl halides is 1. The maximum atomic E-state index is 15.0. The Morgan fingerprint density at radius 2 is 2.00 bits per heavy atom. The molecule has 2 aromatic carbocycles. The summed E-state index contributed by atoms with van der Waals surface area (Å²) in [6.45, 7) is 0.313. The van der Waals surface area contributed by atoms with E-state index in [1.54, 1.807) is 16.8 Å². The van der Waals surface area contributed by atoms with Crippen LogP contribution in [-0.2, 0) is 6.42 Å². The zero-order valence-corrected chi connectivity index (χ0v) is 16.8. The highest BCUT2D eigenvalue weighted by molar-refractivity contribution is 5.94. The van der Waals surface area contributed by atoms with E-state index in [2.05, 4.69) is 27.0 Å². The summed E-state index contributed by atoms with van der Waals surface area (Å²) < 4.78 is 30.0. The molecule has 0 saturated heterocycles. The summed E-state index contributed by atoms with van der Waals surface area (Å²) in [5, 5.41) is 8.48. The van der Waals surface area contributed by atoms with Gasteiger partial charge < -0.3 is 4.90 Å². The molecule has 0 amide bonds. The molecule has 1 fully saturated rings. The number of rotatable bonds is 2. The van der Waals surface area contributed by atoms with Gasteiger partial charge in [-0.25, -0.2) is 8.78 Å². The molecule has 1 saturated carbocycles. The van der Waals surface area contributed by atoms with Crippen LogP contribution >= 0.6 is 0 Å². The molecule has 0 bridgehead atoms. The number of benzene rings is 2. The summed E-state index contributed by atoms with van der Waals surface area (Å²) in [5.74, 6) is 7.01. The molecule has 31 heavy (non-hydrogen) atoms. The molecule has 1 aliphatic carbocycles. The van der Waals surface area contributed by atoms with Crippen molar-refractivity contribution in [2.45, 2.75) is 25.7 Å². The van der Waals surface area contributed by atoms with Gasteiger partial charge in [0.25, 0.3) is 5.78 Å². The standard InChI is InChI=1S/C24H19F2N5/c25-14-24(11-12-24)10-9-16-4-1-7-19-17(16)5-3-13-30(19)22-21-18(26)6-2-8-20(21)31-15-27-29-23(31)28-22/h1-2,4,6-8,15H,3,5,11-14H2. The fourth-order valence-electron chi connectivity index (χ4n) is 4.36. The molecular formula is C24H19F2N5. The van der Waals surface area contributed by atoms with Gasteiger partial charge >= 0.3 is 0 Å². The third kappa shape index (κ3) is 2.86. The van der Waals surface area contributed by atoms with Crippen LogP contribution in [0.5, 0.6) is 0 Å². The molecule has 0 radical (unpaired) electrons. The van der Waals surface area contributed by atoms with Crippen molar-refractivity contribution in [1.82, 2.24) is 19.6 Å². The van der Waals surface area contributed by atoms with E-state index in [1.165, 1.54) is 6.07 Å². The van der Waals surface area contributed by atoms with Gasteiger partial charge in [-0.2, -0.15) is 4.98 Å². The highest BCUT2D eigenvalue weighted by atomic mass is 19.1. The Morgan fingerprint density at radius 3 is 2.84 bits per heavy atom. The average Bonchev–Trinajstić information content (AvgIpc) is 3.43. The van der Waals surface area contributed by atoms with Crippen LogP contribution in [0.15, 0.2) is 42.7 Å². The quantitative estimate of drug-likeness (QED) is 0.449. The summed E-state index contributed by atoms with van der Waals surface area (Å²) >= 11 is 0. The second-order valence-corrected chi connectivity index (χ2v) is 8.29. The average molecular weight is 415 g/mol. The fraction of sp³-hybridized carbons (Fsp3) is 0.292. The molecule has 3 heterocycles. The molecule has 4 aromatic rings. The van der Waals surface area contributed by atoms with Crippen LogP contribution in [0.3, 0.4) is 0 Å². The van der Waals surface area contributed by atoms with Crippen LogP contribution in [0, 0.1) is 23.1 Å². The topological polar surface area (TPSA) is 46.3 Å². The number of hydrogen-bond acceptors (Lipinski definition) is 4. The predicted molar refractivity (Wildman–Crippen MR) is 115 cm³/mol. The van der Waals surface area contributed by atoms with E-state index in [1.807, 2.05) is 29.2 Å². The lowest BCUT2D eigenvalue weighted by Gasteiger charge is -2.32. The van der Waals surface area contributed by atoms with E-state index in [0.717, 1.165) is 42.5 Å². The van der Waals surface area contributed by atoms with Gasteiger partial charge in [0, 0.05) is 17.8 Å². The van der Waals surface area contributed by atoms with Crippen LogP contribution < -0.4 is 4.90 Å². The van der Waals surface area contributed by atoms with Crippen LogP contribution in [0.1, 0.15) is 30.4 Å². The Morgan fingerprint density at radius 1 is 1.13 bits per heavy atom. The van der Waals surface area contributed by atoms with E-state index in [4.69, 9.17) is 0 Å². The van der Waals surface area contributed by atoms with Gasteiger partial charge in [-0.1, -0.05) is 24.0 Å². The predicted octanol–water partition coefficient (Wildman–Crippen LogP) is 4.60. The van der Waals surface area contributed by atoms with E-state index < -0.39 is 12.1 Å². The number of anilines is 2.